The molecule has 0 spiro atoms. The van der Waals surface area contributed by atoms with E-state index in [1.165, 1.54) is 0 Å². The van der Waals surface area contributed by atoms with Gasteiger partial charge < -0.3 is 16.4 Å². The molecular formula is C13H19N3O2. The summed E-state index contributed by atoms with van der Waals surface area (Å²) in [5.74, 6) is -0.522. The number of carbonyl (C=O) groups is 2. The van der Waals surface area contributed by atoms with E-state index in [9.17, 15) is 9.59 Å². The smallest absolute Gasteiger partial charge is 0.238 e. The van der Waals surface area contributed by atoms with Crippen molar-refractivity contribution in [2.45, 2.75) is 26.3 Å². The van der Waals surface area contributed by atoms with Gasteiger partial charge in [0, 0.05) is 18.2 Å². The van der Waals surface area contributed by atoms with Gasteiger partial charge in [-0.05, 0) is 31.5 Å². The van der Waals surface area contributed by atoms with Gasteiger partial charge in [0.1, 0.15) is 0 Å². The molecule has 0 saturated carbocycles. The van der Waals surface area contributed by atoms with Gasteiger partial charge in [-0.25, -0.2) is 0 Å². The second kappa shape index (κ2) is 6.76. The highest BCUT2D eigenvalue weighted by molar-refractivity contribution is 5.92. The zero-order valence-corrected chi connectivity index (χ0v) is 10.7. The van der Waals surface area contributed by atoms with Gasteiger partial charge in [0.05, 0.1) is 6.54 Å². The number of primary amides is 1. The molecule has 0 saturated heterocycles. The summed E-state index contributed by atoms with van der Waals surface area (Å²) in [5, 5.41) is 5.71. The fraction of sp³-hybridized carbons (Fsp3) is 0.385. The first-order chi connectivity index (χ1) is 8.47. The minimum Gasteiger partial charge on any atom is -0.370 e. The van der Waals surface area contributed by atoms with Crippen molar-refractivity contribution in [1.82, 2.24) is 5.32 Å². The van der Waals surface area contributed by atoms with Crippen LogP contribution >= 0.6 is 0 Å². The zero-order chi connectivity index (χ0) is 13.5. The lowest BCUT2D eigenvalue weighted by molar-refractivity contribution is -0.119. The summed E-state index contributed by atoms with van der Waals surface area (Å²) in [6.45, 7) is 3.93. The molecule has 0 aromatic heterocycles. The first kappa shape index (κ1) is 14.2. The van der Waals surface area contributed by atoms with E-state index in [0.29, 0.717) is 0 Å². The maximum atomic E-state index is 11.6. The van der Waals surface area contributed by atoms with Crippen LogP contribution in [0.25, 0.3) is 0 Å². The van der Waals surface area contributed by atoms with Crippen LogP contribution in [0.4, 0.5) is 5.69 Å². The summed E-state index contributed by atoms with van der Waals surface area (Å²) in [4.78, 5) is 22.3. The normalized spacial score (nSPS) is 11.9. The number of hydrogen-bond donors (Lipinski definition) is 3. The predicted molar refractivity (Wildman–Crippen MR) is 71.1 cm³/mol. The third kappa shape index (κ3) is 5.45. The third-order valence-electron chi connectivity index (χ3n) is 2.42. The van der Waals surface area contributed by atoms with Crippen molar-refractivity contribution >= 4 is 17.5 Å². The Kier molecular flexibility index (Phi) is 5.32. The van der Waals surface area contributed by atoms with Gasteiger partial charge >= 0.3 is 0 Å². The van der Waals surface area contributed by atoms with Crippen molar-refractivity contribution in [3.8, 4) is 0 Å². The Labute approximate surface area is 107 Å². The van der Waals surface area contributed by atoms with E-state index in [4.69, 9.17) is 5.73 Å². The Morgan fingerprint density at radius 1 is 1.39 bits per heavy atom. The Hall–Kier alpha value is -1.88. The molecule has 2 amide bonds. The quantitative estimate of drug-likeness (QED) is 0.696. The van der Waals surface area contributed by atoms with E-state index < -0.39 is 0 Å². The Bertz CT molecular complexity index is 432. The number of nitrogens with one attached hydrogen (secondary N) is 2. The molecule has 0 aliphatic rings. The van der Waals surface area contributed by atoms with Crippen LogP contribution in [0.2, 0.25) is 0 Å². The summed E-state index contributed by atoms with van der Waals surface area (Å²) >= 11 is 0. The van der Waals surface area contributed by atoms with Gasteiger partial charge in [0.15, 0.2) is 0 Å². The Balaban J connectivity index is 2.36. The molecule has 1 rings (SSSR count). The largest absolute Gasteiger partial charge is 0.370 e. The molecule has 1 aromatic rings. The molecule has 1 unspecified atom stereocenters. The lowest BCUT2D eigenvalue weighted by Crippen LogP contribution is -2.36. The summed E-state index contributed by atoms with van der Waals surface area (Å²) in [7, 11) is 0. The van der Waals surface area contributed by atoms with Crippen molar-refractivity contribution in [3.05, 3.63) is 29.8 Å². The maximum absolute atomic E-state index is 11.6. The molecule has 4 N–H and O–H groups in total. The highest BCUT2D eigenvalue weighted by Gasteiger charge is 2.08. The standard InChI is InChI=1S/C13H19N3O2/c1-9-4-3-5-11(6-9)16-13(18)8-15-10(2)7-12(14)17/h3-6,10,15H,7-8H2,1-2H3,(H2,14,17)(H,16,18). The average Bonchev–Trinajstić information content (AvgIpc) is 2.25. The van der Waals surface area contributed by atoms with Gasteiger partial charge in [0.2, 0.25) is 11.8 Å². The van der Waals surface area contributed by atoms with Crippen LogP contribution in [-0.4, -0.2) is 24.4 Å². The number of anilines is 1. The molecule has 0 aliphatic carbocycles. The summed E-state index contributed by atoms with van der Waals surface area (Å²) in [5.41, 5.74) is 6.91. The van der Waals surface area contributed by atoms with E-state index in [-0.39, 0.29) is 30.8 Å². The number of nitrogens with two attached hydrogens (primary N) is 1. The maximum Gasteiger partial charge on any atom is 0.238 e. The van der Waals surface area contributed by atoms with Gasteiger partial charge in [-0.15, -0.1) is 0 Å². The average molecular weight is 249 g/mol. The first-order valence-corrected chi connectivity index (χ1v) is 5.85. The molecular weight excluding hydrogens is 230 g/mol. The van der Waals surface area contributed by atoms with Crippen LogP contribution in [0.1, 0.15) is 18.9 Å². The van der Waals surface area contributed by atoms with Gasteiger partial charge in [-0.1, -0.05) is 12.1 Å². The van der Waals surface area contributed by atoms with E-state index in [1.54, 1.807) is 0 Å². The molecule has 1 atom stereocenters. The van der Waals surface area contributed by atoms with Crippen LogP contribution in [0.3, 0.4) is 0 Å². The lowest BCUT2D eigenvalue weighted by Gasteiger charge is -2.12. The second-order valence-electron chi connectivity index (χ2n) is 4.37. The van der Waals surface area contributed by atoms with Crippen molar-refractivity contribution < 1.29 is 9.59 Å². The van der Waals surface area contributed by atoms with Gasteiger partial charge in [-0.2, -0.15) is 0 Å². The molecule has 0 radical (unpaired) electrons. The monoisotopic (exact) mass is 249 g/mol. The second-order valence-corrected chi connectivity index (χ2v) is 4.37. The Morgan fingerprint density at radius 3 is 2.72 bits per heavy atom. The molecule has 0 bridgehead atoms. The molecule has 0 fully saturated rings. The lowest BCUT2D eigenvalue weighted by atomic mass is 10.2. The van der Waals surface area contributed by atoms with Crippen LogP contribution in [-0.2, 0) is 9.59 Å². The first-order valence-electron chi connectivity index (χ1n) is 5.85. The van der Waals surface area contributed by atoms with Crippen molar-refractivity contribution in [2.24, 2.45) is 5.73 Å². The van der Waals surface area contributed by atoms with Crippen LogP contribution in [0.5, 0.6) is 0 Å². The molecule has 1 aromatic carbocycles. The van der Waals surface area contributed by atoms with Crippen molar-refractivity contribution in [1.29, 1.82) is 0 Å². The molecule has 98 valence electrons. The number of aryl methyl sites for hydroxylation is 1. The SMILES string of the molecule is Cc1cccc(NC(=O)CNC(C)CC(N)=O)c1. The van der Waals surface area contributed by atoms with Crippen LogP contribution < -0.4 is 16.4 Å². The zero-order valence-electron chi connectivity index (χ0n) is 10.7. The summed E-state index contributed by atoms with van der Waals surface area (Å²) < 4.78 is 0. The highest BCUT2D eigenvalue weighted by atomic mass is 16.2. The van der Waals surface area contributed by atoms with E-state index >= 15 is 0 Å². The summed E-state index contributed by atoms with van der Waals surface area (Å²) in [6, 6.07) is 7.46. The number of rotatable bonds is 6. The van der Waals surface area contributed by atoms with Crippen LogP contribution in [0, 0.1) is 6.92 Å². The summed E-state index contributed by atoms with van der Waals surface area (Å²) in [6.07, 6.45) is 0.220. The molecule has 0 heterocycles. The minimum absolute atomic E-state index is 0.106. The predicted octanol–water partition coefficient (Wildman–Crippen LogP) is 0.787. The third-order valence-corrected chi connectivity index (χ3v) is 2.42. The molecule has 5 nitrogen and oxygen atoms in total. The van der Waals surface area contributed by atoms with Gasteiger partial charge in [-0.3, -0.25) is 9.59 Å². The number of carbonyl (C=O) groups excluding carboxylic acids is 2. The topological polar surface area (TPSA) is 84.2 Å². The van der Waals surface area contributed by atoms with E-state index in [0.717, 1.165) is 11.3 Å². The fourth-order valence-electron chi connectivity index (χ4n) is 1.57. The minimum atomic E-state index is -0.380. The number of hydrogen-bond acceptors (Lipinski definition) is 3. The number of amides is 2. The van der Waals surface area contributed by atoms with E-state index in [1.807, 2.05) is 38.1 Å². The number of benzene rings is 1. The van der Waals surface area contributed by atoms with Gasteiger partial charge in [0.25, 0.3) is 0 Å². The van der Waals surface area contributed by atoms with Crippen molar-refractivity contribution in [2.75, 3.05) is 11.9 Å². The highest BCUT2D eigenvalue weighted by Crippen LogP contribution is 2.08. The van der Waals surface area contributed by atoms with E-state index in [2.05, 4.69) is 10.6 Å². The molecule has 0 aliphatic heterocycles. The fourth-order valence-corrected chi connectivity index (χ4v) is 1.57. The molecule has 5 heteroatoms. The Morgan fingerprint density at radius 2 is 2.11 bits per heavy atom. The van der Waals surface area contributed by atoms with Crippen molar-refractivity contribution in [3.63, 3.8) is 0 Å². The van der Waals surface area contributed by atoms with Crippen LogP contribution in [0.15, 0.2) is 24.3 Å². The molecule has 18 heavy (non-hydrogen) atoms.